The van der Waals surface area contributed by atoms with Crippen molar-refractivity contribution in [3.8, 4) is 0 Å². The van der Waals surface area contributed by atoms with Gasteiger partial charge in [-0.05, 0) is 81.8 Å². The molecule has 1 N–H and O–H groups in total. The van der Waals surface area contributed by atoms with Gasteiger partial charge in [0.05, 0.1) is 0 Å². The Morgan fingerprint density at radius 1 is 1.05 bits per heavy atom. The molecule has 2 heteroatoms. The third-order valence-corrected chi connectivity index (χ3v) is 6.40. The molecule has 19 heavy (non-hydrogen) atoms. The van der Waals surface area contributed by atoms with Gasteiger partial charge in [0, 0.05) is 12.6 Å². The fraction of sp³-hybridized carbons (Fsp3) is 1.00. The van der Waals surface area contributed by atoms with Crippen LogP contribution in [0.4, 0.5) is 0 Å². The lowest BCUT2D eigenvalue weighted by molar-refractivity contribution is 0.118. The van der Waals surface area contributed by atoms with Crippen molar-refractivity contribution in [2.75, 3.05) is 26.7 Å². The van der Waals surface area contributed by atoms with Crippen molar-refractivity contribution in [3.05, 3.63) is 0 Å². The number of hydrogen-bond acceptors (Lipinski definition) is 2. The topological polar surface area (TPSA) is 15.3 Å². The van der Waals surface area contributed by atoms with Crippen LogP contribution in [-0.4, -0.2) is 37.6 Å². The number of rotatable bonds is 3. The zero-order valence-electron chi connectivity index (χ0n) is 13.2. The van der Waals surface area contributed by atoms with Crippen LogP contribution in [0.1, 0.15) is 58.8 Å². The SMILES string of the molecule is CN(CC1CC12CCNCC2)C1CCC(C)(C)CC1. The molecule has 1 atom stereocenters. The normalized spacial score (nSPS) is 33.8. The van der Waals surface area contributed by atoms with Gasteiger partial charge in [-0.25, -0.2) is 0 Å². The highest BCUT2D eigenvalue weighted by molar-refractivity contribution is 5.05. The van der Waals surface area contributed by atoms with E-state index < -0.39 is 0 Å². The lowest BCUT2D eigenvalue weighted by Crippen LogP contribution is -2.39. The summed E-state index contributed by atoms with van der Waals surface area (Å²) in [7, 11) is 2.39. The summed E-state index contributed by atoms with van der Waals surface area (Å²) in [4.78, 5) is 2.71. The molecule has 0 amide bonds. The highest BCUT2D eigenvalue weighted by atomic mass is 15.1. The van der Waals surface area contributed by atoms with Gasteiger partial charge in [0.1, 0.15) is 0 Å². The summed E-state index contributed by atoms with van der Waals surface area (Å²) in [6.45, 7) is 8.77. The second-order valence-electron chi connectivity index (χ2n) is 8.35. The van der Waals surface area contributed by atoms with E-state index in [4.69, 9.17) is 0 Å². The van der Waals surface area contributed by atoms with Gasteiger partial charge < -0.3 is 10.2 Å². The van der Waals surface area contributed by atoms with Gasteiger partial charge in [-0.15, -0.1) is 0 Å². The lowest BCUT2D eigenvalue weighted by Gasteiger charge is -2.39. The smallest absolute Gasteiger partial charge is 0.00927 e. The van der Waals surface area contributed by atoms with Crippen LogP contribution in [0.15, 0.2) is 0 Å². The van der Waals surface area contributed by atoms with Crippen molar-refractivity contribution >= 4 is 0 Å². The molecule has 1 aliphatic heterocycles. The first-order valence-electron chi connectivity index (χ1n) is 8.42. The summed E-state index contributed by atoms with van der Waals surface area (Å²) in [5.74, 6) is 1.01. The minimum absolute atomic E-state index is 0.604. The molecule has 3 aliphatic rings. The minimum atomic E-state index is 0.604. The summed E-state index contributed by atoms with van der Waals surface area (Å²) in [6.07, 6.45) is 10.1. The predicted molar refractivity (Wildman–Crippen MR) is 81.3 cm³/mol. The first-order chi connectivity index (χ1) is 9.01. The summed E-state index contributed by atoms with van der Waals surface area (Å²) >= 11 is 0. The van der Waals surface area contributed by atoms with Crippen molar-refractivity contribution in [1.29, 1.82) is 0 Å². The molecule has 0 aromatic heterocycles. The van der Waals surface area contributed by atoms with Gasteiger partial charge >= 0.3 is 0 Å². The minimum Gasteiger partial charge on any atom is -0.317 e. The van der Waals surface area contributed by atoms with Crippen LogP contribution < -0.4 is 5.32 Å². The molecule has 2 aliphatic carbocycles. The molecular weight excluding hydrogens is 232 g/mol. The van der Waals surface area contributed by atoms with Crippen molar-refractivity contribution in [2.24, 2.45) is 16.7 Å². The second kappa shape index (κ2) is 5.04. The highest BCUT2D eigenvalue weighted by Gasteiger charge is 2.53. The average Bonchev–Trinajstić information content (AvgIpc) is 3.01. The third-order valence-electron chi connectivity index (χ3n) is 6.40. The van der Waals surface area contributed by atoms with E-state index in [0.29, 0.717) is 5.41 Å². The summed E-state index contributed by atoms with van der Waals surface area (Å²) in [5, 5.41) is 3.51. The molecule has 110 valence electrons. The Hall–Kier alpha value is -0.0800. The first-order valence-corrected chi connectivity index (χ1v) is 8.42. The fourth-order valence-electron chi connectivity index (χ4n) is 4.55. The van der Waals surface area contributed by atoms with Crippen LogP contribution >= 0.6 is 0 Å². The lowest BCUT2D eigenvalue weighted by atomic mass is 9.75. The standard InChI is InChI=1S/C17H32N2/c1-16(2)6-4-15(5-7-16)19(3)13-14-12-17(14)8-10-18-11-9-17/h14-15,18H,4-13H2,1-3H3. The Labute approximate surface area is 119 Å². The molecule has 1 unspecified atom stereocenters. The molecule has 0 radical (unpaired) electrons. The summed E-state index contributed by atoms with van der Waals surface area (Å²) in [6, 6.07) is 0.868. The maximum absolute atomic E-state index is 3.51. The van der Waals surface area contributed by atoms with Gasteiger partial charge in [0.2, 0.25) is 0 Å². The first kappa shape index (κ1) is 13.9. The van der Waals surface area contributed by atoms with Crippen LogP contribution in [0.3, 0.4) is 0 Å². The molecule has 0 aromatic rings. The van der Waals surface area contributed by atoms with Crippen LogP contribution in [0.25, 0.3) is 0 Å². The molecule has 2 nitrogen and oxygen atoms in total. The largest absolute Gasteiger partial charge is 0.317 e. The molecule has 3 fully saturated rings. The van der Waals surface area contributed by atoms with Gasteiger partial charge in [0.25, 0.3) is 0 Å². The van der Waals surface area contributed by atoms with Crippen LogP contribution in [0.5, 0.6) is 0 Å². The van der Waals surface area contributed by atoms with E-state index in [2.05, 4.69) is 31.1 Å². The van der Waals surface area contributed by atoms with E-state index in [1.807, 2.05) is 0 Å². The van der Waals surface area contributed by atoms with E-state index in [0.717, 1.165) is 17.4 Å². The number of nitrogens with zero attached hydrogens (tertiary/aromatic N) is 1. The maximum Gasteiger partial charge on any atom is 0.00927 e. The van der Waals surface area contributed by atoms with E-state index >= 15 is 0 Å². The van der Waals surface area contributed by atoms with Gasteiger partial charge in [0.15, 0.2) is 0 Å². The van der Waals surface area contributed by atoms with Gasteiger partial charge in [-0.3, -0.25) is 0 Å². The summed E-state index contributed by atoms with van der Waals surface area (Å²) < 4.78 is 0. The molecule has 0 aromatic carbocycles. The molecule has 0 bridgehead atoms. The van der Waals surface area contributed by atoms with Crippen LogP contribution in [-0.2, 0) is 0 Å². The monoisotopic (exact) mass is 264 g/mol. The number of nitrogens with one attached hydrogen (secondary N) is 1. The predicted octanol–water partition coefficient (Wildman–Crippen LogP) is 3.28. The van der Waals surface area contributed by atoms with Crippen LogP contribution in [0, 0.1) is 16.7 Å². The Bertz CT molecular complexity index is 307. The molecular formula is C17H32N2. The van der Waals surface area contributed by atoms with E-state index in [1.165, 1.54) is 64.6 Å². The Morgan fingerprint density at radius 3 is 2.32 bits per heavy atom. The highest BCUT2D eigenvalue weighted by Crippen LogP contribution is 2.58. The van der Waals surface area contributed by atoms with Gasteiger partial charge in [-0.2, -0.15) is 0 Å². The van der Waals surface area contributed by atoms with E-state index in [-0.39, 0.29) is 0 Å². The van der Waals surface area contributed by atoms with E-state index in [9.17, 15) is 0 Å². The van der Waals surface area contributed by atoms with Crippen molar-refractivity contribution in [3.63, 3.8) is 0 Å². The van der Waals surface area contributed by atoms with Crippen LogP contribution in [0.2, 0.25) is 0 Å². The zero-order valence-corrected chi connectivity index (χ0v) is 13.2. The summed E-state index contributed by atoms with van der Waals surface area (Å²) in [5.41, 5.74) is 1.36. The molecule has 2 saturated carbocycles. The Morgan fingerprint density at radius 2 is 1.68 bits per heavy atom. The van der Waals surface area contributed by atoms with Crippen molar-refractivity contribution < 1.29 is 0 Å². The van der Waals surface area contributed by atoms with Crippen molar-refractivity contribution in [2.45, 2.75) is 64.8 Å². The van der Waals surface area contributed by atoms with Crippen molar-refractivity contribution in [1.82, 2.24) is 10.2 Å². The third kappa shape index (κ3) is 3.00. The number of piperidine rings is 1. The molecule has 1 heterocycles. The Balaban J connectivity index is 1.46. The molecule has 1 spiro atoms. The van der Waals surface area contributed by atoms with E-state index in [1.54, 1.807) is 0 Å². The van der Waals surface area contributed by atoms with Gasteiger partial charge in [-0.1, -0.05) is 13.8 Å². The number of hydrogen-bond donors (Lipinski definition) is 1. The second-order valence-corrected chi connectivity index (χ2v) is 8.35. The Kier molecular flexibility index (Phi) is 3.68. The maximum atomic E-state index is 3.51. The molecule has 1 saturated heterocycles. The average molecular weight is 264 g/mol. The fourth-order valence-corrected chi connectivity index (χ4v) is 4.55. The molecule has 3 rings (SSSR count). The zero-order chi connectivity index (χ0) is 13.5. The quantitative estimate of drug-likeness (QED) is 0.841.